The lowest BCUT2D eigenvalue weighted by molar-refractivity contribution is -0.138. The number of rotatable bonds is 5. The first-order valence-corrected chi connectivity index (χ1v) is 8.32. The van der Waals surface area contributed by atoms with E-state index in [4.69, 9.17) is 27.9 Å². The number of benzene rings is 1. The number of nitrogens with zero attached hydrogens (tertiary/aromatic N) is 2. The van der Waals surface area contributed by atoms with Crippen molar-refractivity contribution >= 4 is 35.2 Å². The van der Waals surface area contributed by atoms with Gasteiger partial charge in [-0.25, -0.2) is 9.78 Å². The smallest absolute Gasteiger partial charge is 0.416 e. The van der Waals surface area contributed by atoms with E-state index in [0.29, 0.717) is 17.1 Å². The predicted octanol–water partition coefficient (Wildman–Crippen LogP) is 5.14. The number of carbonyl (C=O) groups is 1. The first-order chi connectivity index (χ1) is 12.1. The Kier molecular flexibility index (Phi) is 6.36. The molecule has 0 spiro atoms. The number of imidazole rings is 1. The van der Waals surface area contributed by atoms with Gasteiger partial charge in [0.15, 0.2) is 5.15 Å². The summed E-state index contributed by atoms with van der Waals surface area (Å²) in [6.07, 6.45) is -1.82. The van der Waals surface area contributed by atoms with Crippen LogP contribution in [0.2, 0.25) is 10.2 Å². The van der Waals surface area contributed by atoms with E-state index < -0.39 is 17.7 Å². The Labute approximate surface area is 158 Å². The average Bonchev–Trinajstić information content (AvgIpc) is 2.80. The lowest BCUT2D eigenvalue weighted by atomic mass is 10.1. The summed E-state index contributed by atoms with van der Waals surface area (Å²) in [5.74, 6) is -0.0176. The molecular formula is C17H15Cl2F3N2O2. The highest BCUT2D eigenvalue weighted by Gasteiger charge is 2.31. The van der Waals surface area contributed by atoms with E-state index in [1.807, 2.05) is 0 Å². The van der Waals surface area contributed by atoms with Crippen LogP contribution in [0.1, 0.15) is 29.6 Å². The van der Waals surface area contributed by atoms with Crippen LogP contribution >= 0.6 is 23.2 Å². The lowest BCUT2D eigenvalue weighted by Gasteiger charge is -2.12. The number of aryl methyl sites for hydroxylation is 1. The number of ether oxygens (including phenoxy) is 1. The molecule has 0 saturated carbocycles. The molecule has 1 aromatic carbocycles. The molecule has 2 aromatic rings. The van der Waals surface area contributed by atoms with Gasteiger partial charge in [0.2, 0.25) is 0 Å². The Balaban J connectivity index is 2.34. The number of hydrogen-bond donors (Lipinski definition) is 0. The summed E-state index contributed by atoms with van der Waals surface area (Å²) in [5.41, 5.74) is 0.0601. The topological polar surface area (TPSA) is 44.1 Å². The quantitative estimate of drug-likeness (QED) is 0.509. The number of esters is 1. The van der Waals surface area contributed by atoms with Crippen LogP contribution in [0.15, 0.2) is 24.3 Å². The van der Waals surface area contributed by atoms with E-state index in [9.17, 15) is 18.0 Å². The highest BCUT2D eigenvalue weighted by atomic mass is 35.5. The summed E-state index contributed by atoms with van der Waals surface area (Å²) >= 11 is 12.1. The third-order valence-electron chi connectivity index (χ3n) is 3.53. The SMILES string of the molecule is CCOC(=O)C=Cc1c(Cl)nc(C)n1Cc1ccc(C(F)(F)F)cc1Cl. The minimum atomic E-state index is -4.47. The normalized spacial score (nSPS) is 12.0. The fourth-order valence-corrected chi connectivity index (χ4v) is 2.79. The zero-order valence-electron chi connectivity index (χ0n) is 13.9. The highest BCUT2D eigenvalue weighted by Crippen LogP contribution is 2.32. The van der Waals surface area contributed by atoms with Crippen molar-refractivity contribution < 1.29 is 22.7 Å². The van der Waals surface area contributed by atoms with Crippen molar-refractivity contribution in [3.8, 4) is 0 Å². The summed E-state index contributed by atoms with van der Waals surface area (Å²) in [6.45, 7) is 3.74. The Morgan fingerprint density at radius 1 is 1.35 bits per heavy atom. The molecule has 26 heavy (non-hydrogen) atoms. The minimum Gasteiger partial charge on any atom is -0.463 e. The molecular weight excluding hydrogens is 392 g/mol. The van der Waals surface area contributed by atoms with E-state index in [1.54, 1.807) is 18.4 Å². The molecule has 0 radical (unpaired) electrons. The maximum absolute atomic E-state index is 12.8. The van der Waals surface area contributed by atoms with Gasteiger partial charge in [-0.15, -0.1) is 0 Å². The Morgan fingerprint density at radius 2 is 2.04 bits per heavy atom. The van der Waals surface area contributed by atoms with E-state index in [-0.39, 0.29) is 23.3 Å². The summed E-state index contributed by atoms with van der Waals surface area (Å²) < 4.78 is 44.7. The second kappa shape index (κ2) is 8.14. The summed E-state index contributed by atoms with van der Waals surface area (Å²) in [5, 5.41) is 0.135. The van der Waals surface area contributed by atoms with Gasteiger partial charge in [0.05, 0.1) is 24.4 Å². The third kappa shape index (κ3) is 4.80. The maximum Gasteiger partial charge on any atom is 0.416 e. The molecule has 0 bridgehead atoms. The molecule has 2 rings (SSSR count). The fourth-order valence-electron chi connectivity index (χ4n) is 2.26. The van der Waals surface area contributed by atoms with Crippen LogP contribution in [0.3, 0.4) is 0 Å². The van der Waals surface area contributed by atoms with Crippen molar-refractivity contribution in [3.05, 3.63) is 57.1 Å². The van der Waals surface area contributed by atoms with Crippen molar-refractivity contribution in [2.45, 2.75) is 26.6 Å². The molecule has 0 amide bonds. The number of alkyl halides is 3. The molecule has 0 N–H and O–H groups in total. The number of halogens is 5. The molecule has 0 atom stereocenters. The summed E-state index contributed by atoms with van der Waals surface area (Å²) in [4.78, 5) is 15.6. The van der Waals surface area contributed by atoms with Gasteiger partial charge in [0.25, 0.3) is 0 Å². The zero-order chi connectivity index (χ0) is 19.5. The van der Waals surface area contributed by atoms with Crippen LogP contribution in [0.4, 0.5) is 13.2 Å². The molecule has 0 saturated heterocycles. The zero-order valence-corrected chi connectivity index (χ0v) is 15.4. The second-order valence-electron chi connectivity index (χ2n) is 5.31. The molecule has 1 aromatic heterocycles. The van der Waals surface area contributed by atoms with E-state index >= 15 is 0 Å². The molecule has 4 nitrogen and oxygen atoms in total. The summed E-state index contributed by atoms with van der Waals surface area (Å²) in [6, 6.07) is 3.14. The van der Waals surface area contributed by atoms with E-state index in [1.165, 1.54) is 18.2 Å². The molecule has 0 fully saturated rings. The Hall–Kier alpha value is -1.99. The van der Waals surface area contributed by atoms with Gasteiger partial charge in [-0.2, -0.15) is 13.2 Å². The molecule has 1 heterocycles. The molecule has 140 valence electrons. The monoisotopic (exact) mass is 406 g/mol. The van der Waals surface area contributed by atoms with Crippen molar-refractivity contribution in [1.29, 1.82) is 0 Å². The highest BCUT2D eigenvalue weighted by molar-refractivity contribution is 6.31. The first kappa shape index (κ1) is 20.3. The summed E-state index contributed by atoms with van der Waals surface area (Å²) in [7, 11) is 0. The largest absolute Gasteiger partial charge is 0.463 e. The van der Waals surface area contributed by atoms with Gasteiger partial charge in [0, 0.05) is 11.1 Å². The van der Waals surface area contributed by atoms with Crippen molar-refractivity contribution in [3.63, 3.8) is 0 Å². The molecule has 0 aliphatic rings. The predicted molar refractivity (Wildman–Crippen MR) is 93.2 cm³/mol. The molecule has 0 unspecified atom stereocenters. The standard InChI is InChI=1S/C17H15Cl2F3N2O2/c1-3-26-15(25)7-6-14-16(19)23-10(2)24(14)9-11-4-5-12(8-13(11)18)17(20,21)22/h4-8H,3,9H2,1-2H3. The number of hydrogen-bond acceptors (Lipinski definition) is 3. The number of carbonyl (C=O) groups excluding carboxylic acids is 1. The minimum absolute atomic E-state index is 0.0237. The second-order valence-corrected chi connectivity index (χ2v) is 6.08. The molecule has 0 aliphatic carbocycles. The van der Waals surface area contributed by atoms with Gasteiger partial charge >= 0.3 is 12.1 Å². The van der Waals surface area contributed by atoms with E-state index in [0.717, 1.165) is 12.1 Å². The maximum atomic E-state index is 12.8. The Morgan fingerprint density at radius 3 is 2.62 bits per heavy atom. The van der Waals surface area contributed by atoms with Crippen molar-refractivity contribution in [2.75, 3.05) is 6.61 Å². The van der Waals surface area contributed by atoms with Gasteiger partial charge < -0.3 is 9.30 Å². The van der Waals surface area contributed by atoms with Crippen LogP contribution in [-0.2, 0) is 22.3 Å². The average molecular weight is 407 g/mol. The van der Waals surface area contributed by atoms with Gasteiger partial charge in [-0.1, -0.05) is 29.3 Å². The lowest BCUT2D eigenvalue weighted by Crippen LogP contribution is -2.08. The van der Waals surface area contributed by atoms with Crippen LogP contribution in [0, 0.1) is 6.92 Å². The van der Waals surface area contributed by atoms with Gasteiger partial charge in [-0.05, 0) is 37.6 Å². The van der Waals surface area contributed by atoms with Crippen LogP contribution < -0.4 is 0 Å². The fraction of sp³-hybridized carbons (Fsp3) is 0.294. The van der Waals surface area contributed by atoms with Gasteiger partial charge in [0.1, 0.15) is 5.82 Å². The van der Waals surface area contributed by atoms with Crippen LogP contribution in [0.5, 0.6) is 0 Å². The third-order valence-corrected chi connectivity index (χ3v) is 4.16. The molecule has 0 aliphatic heterocycles. The van der Waals surface area contributed by atoms with Crippen LogP contribution in [0.25, 0.3) is 6.08 Å². The van der Waals surface area contributed by atoms with Crippen molar-refractivity contribution in [1.82, 2.24) is 9.55 Å². The molecule has 9 heteroatoms. The first-order valence-electron chi connectivity index (χ1n) is 7.56. The van der Waals surface area contributed by atoms with Crippen LogP contribution in [-0.4, -0.2) is 22.1 Å². The van der Waals surface area contributed by atoms with Crippen molar-refractivity contribution in [2.24, 2.45) is 0 Å². The Bertz CT molecular complexity index is 845. The number of aromatic nitrogens is 2. The van der Waals surface area contributed by atoms with E-state index in [2.05, 4.69) is 4.98 Å². The van der Waals surface area contributed by atoms with Gasteiger partial charge in [-0.3, -0.25) is 0 Å².